The number of hydrogen-bond donors (Lipinski definition) is 0. The van der Waals surface area contributed by atoms with Gasteiger partial charge in [-0.3, -0.25) is 4.90 Å². The van der Waals surface area contributed by atoms with E-state index in [0.717, 1.165) is 18.4 Å². The van der Waals surface area contributed by atoms with Crippen LogP contribution < -0.4 is 0 Å². The highest BCUT2D eigenvalue weighted by Crippen LogP contribution is 2.37. The van der Waals surface area contributed by atoms with Gasteiger partial charge in [-0.15, -0.1) is 6.42 Å². The molecule has 18 heavy (non-hydrogen) atoms. The first-order chi connectivity index (χ1) is 8.86. The van der Waals surface area contributed by atoms with Crippen LogP contribution in [-0.4, -0.2) is 23.5 Å². The summed E-state index contributed by atoms with van der Waals surface area (Å²) in [6, 6.07) is 1.54. The average molecular weight is 243 g/mol. The second-order valence-corrected chi connectivity index (χ2v) is 5.49. The highest BCUT2D eigenvalue weighted by atomic mass is 15.2. The Morgan fingerprint density at radius 3 is 2.94 bits per heavy atom. The van der Waals surface area contributed by atoms with Crippen LogP contribution >= 0.6 is 0 Å². The third-order valence-electron chi connectivity index (χ3n) is 4.51. The average Bonchev–Trinajstić information content (AvgIpc) is 2.88. The van der Waals surface area contributed by atoms with Gasteiger partial charge in [0.05, 0.1) is 0 Å². The van der Waals surface area contributed by atoms with Crippen molar-refractivity contribution in [3.05, 3.63) is 24.3 Å². The fourth-order valence-corrected chi connectivity index (χ4v) is 3.61. The standard InChI is InChI=1S/C17H25N/c1-3-5-6-7-8-10-16-13-12-15(4-2)17-11-9-14-18(16)17/h1,5-6,8,10,15-17H,4,7,9,11-14H2,2H3. The topological polar surface area (TPSA) is 3.24 Å². The van der Waals surface area contributed by atoms with Crippen molar-refractivity contribution in [3.63, 3.8) is 0 Å². The van der Waals surface area contributed by atoms with Gasteiger partial charge in [-0.1, -0.05) is 37.5 Å². The first-order valence-corrected chi connectivity index (χ1v) is 7.40. The summed E-state index contributed by atoms with van der Waals surface area (Å²) in [6.07, 6.45) is 21.6. The van der Waals surface area contributed by atoms with Gasteiger partial charge in [0.25, 0.3) is 0 Å². The molecule has 0 amide bonds. The van der Waals surface area contributed by atoms with Crippen LogP contribution in [0.15, 0.2) is 24.3 Å². The monoisotopic (exact) mass is 243 g/mol. The Kier molecular flexibility index (Phi) is 5.08. The second kappa shape index (κ2) is 6.81. The smallest absolute Gasteiger partial charge is 0.0281 e. The van der Waals surface area contributed by atoms with Crippen LogP contribution in [0.2, 0.25) is 0 Å². The summed E-state index contributed by atoms with van der Waals surface area (Å²) in [6.45, 7) is 3.65. The van der Waals surface area contributed by atoms with Crippen LogP contribution in [0.4, 0.5) is 0 Å². The molecule has 1 heteroatoms. The van der Waals surface area contributed by atoms with E-state index in [1.165, 1.54) is 38.6 Å². The molecule has 0 aromatic heterocycles. The molecule has 1 nitrogen and oxygen atoms in total. The molecule has 2 aliphatic rings. The van der Waals surface area contributed by atoms with Crippen molar-refractivity contribution in [2.24, 2.45) is 5.92 Å². The number of nitrogens with zero attached hydrogens (tertiary/aromatic N) is 1. The maximum Gasteiger partial charge on any atom is 0.0281 e. The van der Waals surface area contributed by atoms with Crippen molar-refractivity contribution >= 4 is 0 Å². The van der Waals surface area contributed by atoms with Crippen LogP contribution in [0.5, 0.6) is 0 Å². The number of piperidine rings is 1. The minimum atomic E-state index is 0.680. The third-order valence-corrected chi connectivity index (χ3v) is 4.51. The Balaban J connectivity index is 1.90. The number of terminal acetylenes is 1. The van der Waals surface area contributed by atoms with Crippen LogP contribution in [-0.2, 0) is 0 Å². The third kappa shape index (κ3) is 3.06. The van der Waals surface area contributed by atoms with Gasteiger partial charge in [-0.2, -0.15) is 0 Å². The lowest BCUT2D eigenvalue weighted by Crippen LogP contribution is -2.46. The Morgan fingerprint density at radius 2 is 2.17 bits per heavy atom. The van der Waals surface area contributed by atoms with E-state index in [1.54, 1.807) is 6.08 Å². The van der Waals surface area contributed by atoms with Gasteiger partial charge >= 0.3 is 0 Å². The fraction of sp³-hybridized carbons (Fsp3) is 0.647. The van der Waals surface area contributed by atoms with Crippen molar-refractivity contribution in [2.75, 3.05) is 6.54 Å². The van der Waals surface area contributed by atoms with E-state index < -0.39 is 0 Å². The molecule has 0 bridgehead atoms. The summed E-state index contributed by atoms with van der Waals surface area (Å²) < 4.78 is 0. The van der Waals surface area contributed by atoms with Gasteiger partial charge in [-0.05, 0) is 50.6 Å². The summed E-state index contributed by atoms with van der Waals surface area (Å²) in [5.74, 6) is 3.47. The zero-order valence-electron chi connectivity index (χ0n) is 11.5. The molecular weight excluding hydrogens is 218 g/mol. The largest absolute Gasteiger partial charge is 0.294 e. The van der Waals surface area contributed by atoms with E-state index >= 15 is 0 Å². The molecule has 2 aliphatic heterocycles. The molecule has 0 aromatic carbocycles. The lowest BCUT2D eigenvalue weighted by molar-refractivity contribution is 0.0952. The summed E-state index contributed by atoms with van der Waals surface area (Å²) in [5.41, 5.74) is 0. The number of allylic oxidation sites excluding steroid dienone is 3. The van der Waals surface area contributed by atoms with Crippen LogP contribution in [0.1, 0.15) is 45.4 Å². The first-order valence-electron chi connectivity index (χ1n) is 7.40. The second-order valence-electron chi connectivity index (χ2n) is 5.49. The molecular formula is C17H25N. The molecule has 98 valence electrons. The van der Waals surface area contributed by atoms with Gasteiger partial charge in [0.1, 0.15) is 0 Å². The Labute approximate surface area is 112 Å². The van der Waals surface area contributed by atoms with E-state index in [2.05, 4.69) is 36.0 Å². The first kappa shape index (κ1) is 13.4. The predicted molar refractivity (Wildman–Crippen MR) is 78.3 cm³/mol. The molecule has 0 saturated carbocycles. The van der Waals surface area contributed by atoms with E-state index in [4.69, 9.17) is 6.42 Å². The number of rotatable bonds is 4. The van der Waals surface area contributed by atoms with Crippen molar-refractivity contribution in [1.82, 2.24) is 4.90 Å². The number of hydrogen-bond acceptors (Lipinski definition) is 1. The lowest BCUT2D eigenvalue weighted by Gasteiger charge is -2.41. The van der Waals surface area contributed by atoms with Gasteiger partial charge in [0, 0.05) is 12.1 Å². The Bertz CT molecular complexity index is 347. The molecule has 3 unspecified atom stereocenters. The van der Waals surface area contributed by atoms with Crippen molar-refractivity contribution in [3.8, 4) is 12.3 Å². The molecule has 2 rings (SSSR count). The van der Waals surface area contributed by atoms with Gasteiger partial charge < -0.3 is 0 Å². The molecule has 2 saturated heterocycles. The van der Waals surface area contributed by atoms with E-state index in [0.29, 0.717) is 6.04 Å². The summed E-state index contributed by atoms with van der Waals surface area (Å²) in [5, 5.41) is 0. The minimum absolute atomic E-state index is 0.680. The van der Waals surface area contributed by atoms with Crippen LogP contribution in [0.25, 0.3) is 0 Å². The van der Waals surface area contributed by atoms with Crippen molar-refractivity contribution in [1.29, 1.82) is 0 Å². The fourth-order valence-electron chi connectivity index (χ4n) is 3.61. The zero-order chi connectivity index (χ0) is 12.8. The molecule has 0 aliphatic carbocycles. The molecule has 0 N–H and O–H groups in total. The molecule has 2 fully saturated rings. The molecule has 0 radical (unpaired) electrons. The van der Waals surface area contributed by atoms with Crippen molar-refractivity contribution in [2.45, 2.75) is 57.5 Å². The van der Waals surface area contributed by atoms with Gasteiger partial charge in [0.15, 0.2) is 0 Å². The maximum atomic E-state index is 5.19. The quantitative estimate of drug-likeness (QED) is 0.536. The summed E-state index contributed by atoms with van der Waals surface area (Å²) >= 11 is 0. The summed E-state index contributed by atoms with van der Waals surface area (Å²) in [4.78, 5) is 2.75. The predicted octanol–water partition coefficient (Wildman–Crippen LogP) is 3.78. The molecule has 0 aromatic rings. The van der Waals surface area contributed by atoms with Crippen LogP contribution in [0.3, 0.4) is 0 Å². The lowest BCUT2D eigenvalue weighted by atomic mass is 9.84. The highest BCUT2D eigenvalue weighted by molar-refractivity contribution is 5.11. The SMILES string of the molecule is C#CC=CCC=CC1CCC(CC)C2CCCN12. The molecule has 3 atom stereocenters. The normalized spacial score (nSPS) is 33.0. The van der Waals surface area contributed by atoms with Crippen molar-refractivity contribution < 1.29 is 0 Å². The molecule has 2 heterocycles. The van der Waals surface area contributed by atoms with E-state index in [-0.39, 0.29) is 0 Å². The van der Waals surface area contributed by atoms with E-state index in [1.807, 2.05) is 0 Å². The highest BCUT2D eigenvalue weighted by Gasteiger charge is 2.37. The Hall–Kier alpha value is -1.00. The van der Waals surface area contributed by atoms with Gasteiger partial charge in [-0.25, -0.2) is 0 Å². The van der Waals surface area contributed by atoms with E-state index in [9.17, 15) is 0 Å². The Morgan fingerprint density at radius 1 is 1.28 bits per heavy atom. The van der Waals surface area contributed by atoms with Crippen LogP contribution in [0, 0.1) is 18.3 Å². The van der Waals surface area contributed by atoms with Gasteiger partial charge in [0.2, 0.25) is 0 Å². The maximum absolute atomic E-state index is 5.19. The molecule has 0 spiro atoms. The number of fused-ring (bicyclic) bond motifs is 1. The zero-order valence-corrected chi connectivity index (χ0v) is 11.5. The minimum Gasteiger partial charge on any atom is -0.294 e. The summed E-state index contributed by atoms with van der Waals surface area (Å²) in [7, 11) is 0.